The first-order valence-corrected chi connectivity index (χ1v) is 10.1. The van der Waals surface area contributed by atoms with E-state index in [0.29, 0.717) is 13.1 Å². The molecule has 0 bridgehead atoms. The molecule has 0 radical (unpaired) electrons. The number of urea groups is 1. The van der Waals surface area contributed by atoms with E-state index < -0.39 is 0 Å². The number of hydrogen-bond donors (Lipinski definition) is 2. The fraction of sp³-hybridized carbons (Fsp3) is 0.619. The Hall–Kier alpha value is -2.04. The summed E-state index contributed by atoms with van der Waals surface area (Å²) in [5.74, 6) is 1.10. The second-order valence-electron chi connectivity index (χ2n) is 7.64. The standard InChI is InChI=1S/C21H31N3O2/c25-20(22-14-6-9-17-7-4-5-8-17)18-12-15-24(16-13-18)21(26)23-19-10-2-1-3-11-19/h1-3,10-11,17-18H,4-9,12-16H2,(H,22,25)(H,23,26). The number of para-hydroxylation sites is 1. The van der Waals surface area contributed by atoms with E-state index in [1.165, 1.54) is 32.1 Å². The highest BCUT2D eigenvalue weighted by molar-refractivity contribution is 5.89. The van der Waals surface area contributed by atoms with Gasteiger partial charge in [0.25, 0.3) is 0 Å². The van der Waals surface area contributed by atoms with E-state index in [0.717, 1.165) is 37.4 Å². The van der Waals surface area contributed by atoms with Crippen LogP contribution < -0.4 is 10.6 Å². The maximum absolute atomic E-state index is 12.3. The molecule has 2 N–H and O–H groups in total. The van der Waals surface area contributed by atoms with E-state index in [1.54, 1.807) is 4.90 Å². The summed E-state index contributed by atoms with van der Waals surface area (Å²) in [4.78, 5) is 26.4. The van der Waals surface area contributed by atoms with Gasteiger partial charge in [0.15, 0.2) is 0 Å². The first kappa shape index (κ1) is 18.7. The summed E-state index contributed by atoms with van der Waals surface area (Å²) in [6, 6.07) is 9.41. The first-order chi connectivity index (χ1) is 12.7. The molecular weight excluding hydrogens is 326 g/mol. The van der Waals surface area contributed by atoms with Gasteiger partial charge in [-0.2, -0.15) is 0 Å². The summed E-state index contributed by atoms with van der Waals surface area (Å²) in [5, 5.41) is 6.01. The first-order valence-electron chi connectivity index (χ1n) is 10.1. The molecule has 1 aromatic carbocycles. The normalized spacial score (nSPS) is 18.7. The third kappa shape index (κ3) is 5.48. The highest BCUT2D eigenvalue weighted by Crippen LogP contribution is 2.28. The molecule has 0 unspecified atom stereocenters. The van der Waals surface area contributed by atoms with Crippen molar-refractivity contribution >= 4 is 17.6 Å². The van der Waals surface area contributed by atoms with Crippen LogP contribution in [-0.4, -0.2) is 36.5 Å². The van der Waals surface area contributed by atoms with Gasteiger partial charge in [-0.1, -0.05) is 43.9 Å². The van der Waals surface area contributed by atoms with Gasteiger partial charge in [0.2, 0.25) is 5.91 Å². The molecule has 0 aromatic heterocycles. The van der Waals surface area contributed by atoms with Crippen LogP contribution in [0.2, 0.25) is 0 Å². The number of hydrogen-bond acceptors (Lipinski definition) is 2. The van der Waals surface area contributed by atoms with Crippen molar-refractivity contribution in [3.05, 3.63) is 30.3 Å². The molecule has 142 valence electrons. The van der Waals surface area contributed by atoms with Crippen molar-refractivity contribution in [3.8, 4) is 0 Å². The maximum atomic E-state index is 12.3. The van der Waals surface area contributed by atoms with Crippen LogP contribution in [0.15, 0.2) is 30.3 Å². The van der Waals surface area contributed by atoms with Crippen LogP contribution >= 0.6 is 0 Å². The van der Waals surface area contributed by atoms with Gasteiger partial charge in [-0.05, 0) is 43.7 Å². The summed E-state index contributed by atoms with van der Waals surface area (Å²) in [6.07, 6.45) is 9.34. The fourth-order valence-corrected chi connectivity index (χ4v) is 4.11. The molecule has 1 saturated heterocycles. The van der Waals surface area contributed by atoms with Gasteiger partial charge < -0.3 is 15.5 Å². The van der Waals surface area contributed by atoms with Crippen molar-refractivity contribution < 1.29 is 9.59 Å². The number of carbonyl (C=O) groups is 2. The highest BCUT2D eigenvalue weighted by atomic mass is 16.2. The average Bonchev–Trinajstić information content (AvgIpc) is 3.19. The van der Waals surface area contributed by atoms with Gasteiger partial charge in [0, 0.05) is 31.2 Å². The van der Waals surface area contributed by atoms with E-state index in [-0.39, 0.29) is 17.9 Å². The molecule has 1 aliphatic carbocycles. The van der Waals surface area contributed by atoms with Crippen molar-refractivity contribution in [1.82, 2.24) is 10.2 Å². The van der Waals surface area contributed by atoms with Gasteiger partial charge in [0.1, 0.15) is 0 Å². The molecule has 5 heteroatoms. The molecule has 0 spiro atoms. The SMILES string of the molecule is O=C(NCCCC1CCCC1)C1CCN(C(=O)Nc2ccccc2)CC1. The maximum Gasteiger partial charge on any atom is 0.321 e. The Morgan fingerprint density at radius 3 is 2.38 bits per heavy atom. The topological polar surface area (TPSA) is 61.4 Å². The number of benzene rings is 1. The lowest BCUT2D eigenvalue weighted by molar-refractivity contribution is -0.126. The third-order valence-corrected chi connectivity index (χ3v) is 5.74. The number of nitrogens with one attached hydrogen (secondary N) is 2. The Morgan fingerprint density at radius 1 is 1.00 bits per heavy atom. The predicted octanol–water partition coefficient (Wildman–Crippen LogP) is 4.02. The Bertz CT molecular complexity index is 576. The van der Waals surface area contributed by atoms with E-state index >= 15 is 0 Å². The Labute approximate surface area is 156 Å². The number of piperidine rings is 1. The monoisotopic (exact) mass is 357 g/mol. The van der Waals surface area contributed by atoms with Crippen molar-refractivity contribution in [1.29, 1.82) is 0 Å². The van der Waals surface area contributed by atoms with Crippen LogP contribution in [0.25, 0.3) is 0 Å². The van der Waals surface area contributed by atoms with Crippen molar-refractivity contribution in [3.63, 3.8) is 0 Å². The quantitative estimate of drug-likeness (QED) is 0.756. The van der Waals surface area contributed by atoms with Crippen molar-refractivity contribution in [2.75, 3.05) is 25.0 Å². The lowest BCUT2D eigenvalue weighted by atomic mass is 9.96. The number of amides is 3. The summed E-state index contributed by atoms with van der Waals surface area (Å²) >= 11 is 0. The van der Waals surface area contributed by atoms with Crippen LogP contribution in [-0.2, 0) is 4.79 Å². The lowest BCUT2D eigenvalue weighted by Crippen LogP contribution is -2.44. The number of likely N-dealkylation sites (tertiary alicyclic amines) is 1. The zero-order valence-corrected chi connectivity index (χ0v) is 15.6. The summed E-state index contributed by atoms with van der Waals surface area (Å²) in [5.41, 5.74) is 0.805. The molecule has 2 aliphatic rings. The molecule has 5 nitrogen and oxygen atoms in total. The number of rotatable bonds is 6. The minimum atomic E-state index is -0.0772. The van der Waals surface area contributed by atoms with Gasteiger partial charge in [-0.25, -0.2) is 4.79 Å². The highest BCUT2D eigenvalue weighted by Gasteiger charge is 2.27. The zero-order valence-electron chi connectivity index (χ0n) is 15.6. The smallest absolute Gasteiger partial charge is 0.321 e. The summed E-state index contributed by atoms with van der Waals surface area (Å²) in [7, 11) is 0. The number of carbonyl (C=O) groups excluding carboxylic acids is 2. The molecule has 26 heavy (non-hydrogen) atoms. The predicted molar refractivity (Wildman–Crippen MR) is 104 cm³/mol. The molecule has 1 saturated carbocycles. The molecule has 3 amide bonds. The van der Waals surface area contributed by atoms with Crippen LogP contribution in [0.3, 0.4) is 0 Å². The summed E-state index contributed by atoms with van der Waals surface area (Å²) < 4.78 is 0. The molecule has 1 aliphatic heterocycles. The minimum Gasteiger partial charge on any atom is -0.356 e. The van der Waals surface area contributed by atoms with Gasteiger partial charge in [-0.15, -0.1) is 0 Å². The Kier molecular flexibility index (Phi) is 6.92. The fourth-order valence-electron chi connectivity index (χ4n) is 4.11. The third-order valence-electron chi connectivity index (χ3n) is 5.74. The second kappa shape index (κ2) is 9.60. The number of anilines is 1. The largest absolute Gasteiger partial charge is 0.356 e. The Balaban J connectivity index is 1.32. The molecular formula is C21H31N3O2. The van der Waals surface area contributed by atoms with Gasteiger partial charge >= 0.3 is 6.03 Å². The molecule has 2 fully saturated rings. The van der Waals surface area contributed by atoms with E-state index in [1.807, 2.05) is 30.3 Å². The van der Waals surface area contributed by atoms with Crippen LogP contribution in [0.4, 0.5) is 10.5 Å². The average molecular weight is 357 g/mol. The van der Waals surface area contributed by atoms with Crippen LogP contribution in [0.1, 0.15) is 51.4 Å². The van der Waals surface area contributed by atoms with E-state index in [4.69, 9.17) is 0 Å². The summed E-state index contributed by atoms with van der Waals surface area (Å²) in [6.45, 7) is 2.07. The van der Waals surface area contributed by atoms with E-state index in [9.17, 15) is 9.59 Å². The van der Waals surface area contributed by atoms with Gasteiger partial charge in [0.05, 0.1) is 0 Å². The minimum absolute atomic E-state index is 0.0438. The Morgan fingerprint density at radius 2 is 1.69 bits per heavy atom. The van der Waals surface area contributed by atoms with Crippen LogP contribution in [0, 0.1) is 11.8 Å². The van der Waals surface area contributed by atoms with Gasteiger partial charge in [-0.3, -0.25) is 4.79 Å². The number of nitrogens with zero attached hydrogens (tertiary/aromatic N) is 1. The van der Waals surface area contributed by atoms with Crippen LogP contribution in [0.5, 0.6) is 0 Å². The van der Waals surface area contributed by atoms with Crippen molar-refractivity contribution in [2.45, 2.75) is 51.4 Å². The molecule has 1 heterocycles. The lowest BCUT2D eigenvalue weighted by Gasteiger charge is -2.31. The molecule has 0 atom stereocenters. The van der Waals surface area contributed by atoms with Crippen molar-refractivity contribution in [2.24, 2.45) is 11.8 Å². The molecule has 3 rings (SSSR count). The van der Waals surface area contributed by atoms with E-state index in [2.05, 4.69) is 10.6 Å². The zero-order chi connectivity index (χ0) is 18.2. The molecule has 1 aromatic rings. The second-order valence-corrected chi connectivity index (χ2v) is 7.64.